The molecule has 2 heterocycles. The summed E-state index contributed by atoms with van der Waals surface area (Å²) in [5, 5.41) is 2.35. The van der Waals surface area contributed by atoms with E-state index in [1.54, 1.807) is 0 Å². The van der Waals surface area contributed by atoms with Gasteiger partial charge in [0.2, 0.25) is 0 Å². The molecule has 0 aliphatic carbocycles. The fraction of sp³-hybridized carbons (Fsp3) is 0.270. The van der Waals surface area contributed by atoms with Crippen LogP contribution < -0.4 is 0 Å². The summed E-state index contributed by atoms with van der Waals surface area (Å²) in [6.07, 6.45) is 5.90. The minimum Gasteiger partial charge on any atom is -0.456 e. The topological polar surface area (TPSA) is 31.0 Å². The van der Waals surface area contributed by atoms with E-state index in [9.17, 15) is 0 Å². The van der Waals surface area contributed by atoms with Crippen molar-refractivity contribution >= 4 is 21.9 Å². The van der Waals surface area contributed by atoms with Crippen LogP contribution in [0.1, 0.15) is 68.9 Å². The van der Waals surface area contributed by atoms with Crippen LogP contribution in [0.2, 0.25) is 0 Å². The molecule has 3 heteroatoms. The molecule has 0 saturated carbocycles. The van der Waals surface area contributed by atoms with Gasteiger partial charge in [0.15, 0.2) is 0 Å². The molecule has 0 N–H and O–H groups in total. The molecule has 6 aromatic rings. The van der Waals surface area contributed by atoms with Gasteiger partial charge in [-0.05, 0) is 59.6 Å². The van der Waals surface area contributed by atoms with E-state index in [0.29, 0.717) is 0 Å². The number of furan rings is 1. The van der Waals surface area contributed by atoms with E-state index in [-0.39, 0.29) is 5.41 Å². The molecule has 0 atom stereocenters. The van der Waals surface area contributed by atoms with Gasteiger partial charge in [-0.1, -0.05) is 107 Å². The molecule has 204 valence electrons. The predicted molar refractivity (Wildman–Crippen MR) is 170 cm³/mol. The molecule has 3 nitrogen and oxygen atoms in total. The van der Waals surface area contributed by atoms with Crippen LogP contribution in [0.25, 0.3) is 39.0 Å². The summed E-state index contributed by atoms with van der Waals surface area (Å²) >= 11 is 0. The summed E-state index contributed by atoms with van der Waals surface area (Å²) in [6.45, 7) is 15.3. The Morgan fingerprint density at radius 2 is 1.50 bits per heavy atom. The largest absolute Gasteiger partial charge is 0.456 e. The van der Waals surface area contributed by atoms with Crippen LogP contribution in [0.5, 0.6) is 0 Å². The third kappa shape index (κ3) is 4.86. The van der Waals surface area contributed by atoms with E-state index in [1.165, 1.54) is 49.8 Å². The van der Waals surface area contributed by atoms with Crippen molar-refractivity contribution in [3.05, 3.63) is 119 Å². The molecular weight excluding hydrogens is 488 g/mol. The van der Waals surface area contributed by atoms with Crippen LogP contribution in [0, 0.1) is 13.8 Å². The van der Waals surface area contributed by atoms with Gasteiger partial charge in [0.1, 0.15) is 17.0 Å². The number of hydrogen-bond donors (Lipinski definition) is 0. The zero-order valence-corrected chi connectivity index (χ0v) is 24.9. The molecule has 0 saturated heterocycles. The minimum atomic E-state index is 0.0684. The van der Waals surface area contributed by atoms with Gasteiger partial charge in [-0.15, -0.1) is 0 Å². The van der Waals surface area contributed by atoms with Crippen molar-refractivity contribution in [2.45, 2.75) is 66.7 Å². The van der Waals surface area contributed by atoms with Gasteiger partial charge < -0.3 is 4.42 Å². The molecule has 0 bridgehead atoms. The zero-order valence-electron chi connectivity index (χ0n) is 24.9. The van der Waals surface area contributed by atoms with Crippen LogP contribution in [0.3, 0.4) is 0 Å². The van der Waals surface area contributed by atoms with Crippen LogP contribution in [0.4, 0.5) is 0 Å². The Bertz CT molecular complexity index is 1760. The average molecular weight is 529 g/mol. The van der Waals surface area contributed by atoms with E-state index < -0.39 is 0 Å². The van der Waals surface area contributed by atoms with Crippen molar-refractivity contribution in [3.8, 4) is 17.1 Å². The smallest absolute Gasteiger partial charge is 0.144 e. The molecular formula is C37H40N2O. The fourth-order valence-corrected chi connectivity index (χ4v) is 5.83. The Balaban J connectivity index is 0.00000158. The molecule has 0 aliphatic heterocycles. The lowest BCUT2D eigenvalue weighted by Crippen LogP contribution is -2.17. The number of fused-ring (bicyclic) bond motifs is 3. The molecule has 40 heavy (non-hydrogen) atoms. The predicted octanol–water partition coefficient (Wildman–Crippen LogP) is 10.4. The molecule has 0 amide bonds. The van der Waals surface area contributed by atoms with E-state index in [1.807, 2.05) is 32.2 Å². The fourth-order valence-electron chi connectivity index (χ4n) is 5.83. The number of aromatic nitrogens is 2. The van der Waals surface area contributed by atoms with E-state index in [4.69, 9.17) is 9.40 Å². The van der Waals surface area contributed by atoms with Gasteiger partial charge in [-0.25, -0.2) is 4.98 Å². The lowest BCUT2D eigenvalue weighted by Gasteiger charge is -2.26. The summed E-state index contributed by atoms with van der Waals surface area (Å²) in [5.41, 5.74) is 10.7. The molecule has 0 aliphatic rings. The Morgan fingerprint density at radius 1 is 0.825 bits per heavy atom. The van der Waals surface area contributed by atoms with Crippen molar-refractivity contribution in [2.75, 3.05) is 0 Å². The van der Waals surface area contributed by atoms with Crippen molar-refractivity contribution in [1.29, 1.82) is 0 Å². The maximum atomic E-state index is 6.30. The highest BCUT2D eigenvalue weighted by molar-refractivity contribution is 6.05. The highest BCUT2D eigenvalue weighted by atomic mass is 16.3. The number of imidazole rings is 1. The highest BCUT2D eigenvalue weighted by Gasteiger charge is 2.24. The van der Waals surface area contributed by atoms with Gasteiger partial charge in [0.25, 0.3) is 0 Å². The zero-order chi connectivity index (χ0) is 28.4. The van der Waals surface area contributed by atoms with Gasteiger partial charge in [0, 0.05) is 35.2 Å². The Kier molecular flexibility index (Phi) is 7.67. The Hall–Kier alpha value is -4.11. The van der Waals surface area contributed by atoms with Crippen LogP contribution in [-0.2, 0) is 11.8 Å². The van der Waals surface area contributed by atoms with Gasteiger partial charge in [-0.2, -0.15) is 0 Å². The van der Waals surface area contributed by atoms with Crippen LogP contribution in [0.15, 0.2) is 95.7 Å². The van der Waals surface area contributed by atoms with Crippen molar-refractivity contribution < 1.29 is 4.42 Å². The maximum Gasteiger partial charge on any atom is 0.144 e. The molecule has 0 unspecified atom stereocenters. The summed E-state index contributed by atoms with van der Waals surface area (Å²) < 4.78 is 8.56. The summed E-state index contributed by atoms with van der Waals surface area (Å²) in [4.78, 5) is 4.85. The quantitative estimate of drug-likeness (QED) is 0.215. The summed E-state index contributed by atoms with van der Waals surface area (Å²) in [5.74, 6) is 0.994. The normalized spacial score (nSPS) is 11.6. The highest BCUT2D eigenvalue weighted by Crippen LogP contribution is 2.37. The number of nitrogens with zero attached hydrogens (tertiary/aromatic N) is 2. The second kappa shape index (κ2) is 11.2. The second-order valence-corrected chi connectivity index (χ2v) is 11.1. The van der Waals surface area contributed by atoms with Gasteiger partial charge in [0.05, 0.1) is 5.69 Å². The Morgan fingerprint density at radius 3 is 2.25 bits per heavy atom. The Labute approximate surface area is 238 Å². The van der Waals surface area contributed by atoms with Crippen molar-refractivity contribution in [2.24, 2.45) is 0 Å². The lowest BCUT2D eigenvalue weighted by atomic mass is 9.79. The van der Waals surface area contributed by atoms with E-state index >= 15 is 0 Å². The average Bonchev–Trinajstić information content (AvgIpc) is 3.60. The number of hydrogen-bond acceptors (Lipinski definition) is 2. The third-order valence-electron chi connectivity index (χ3n) is 8.09. The SMILES string of the molecule is CC.CCC(C)(C)c1ccccc1-c1nccn1-c1c(C)cc(Cc2cccc3c2oc2ccccc23)cc1C. The first-order valence-corrected chi connectivity index (χ1v) is 14.5. The van der Waals surface area contributed by atoms with Gasteiger partial charge in [-0.3, -0.25) is 4.57 Å². The number of para-hydroxylation sites is 2. The standard InChI is InChI=1S/C35H34N2O.C2H6/c1-6-35(4,5)30-16-9-7-14-29(30)34-36-18-19-37(34)32-23(2)20-25(21-24(32)3)22-26-12-11-15-28-27-13-8-10-17-31(27)38-33(26)28;1-2/h7-21H,6,22H2,1-5H3;1-2H3. The molecule has 0 fully saturated rings. The molecule has 0 spiro atoms. The van der Waals surface area contributed by atoms with E-state index in [0.717, 1.165) is 29.8 Å². The lowest BCUT2D eigenvalue weighted by molar-refractivity contribution is 0.507. The summed E-state index contributed by atoms with van der Waals surface area (Å²) in [7, 11) is 0. The number of benzene rings is 4. The molecule has 0 radical (unpaired) electrons. The van der Waals surface area contributed by atoms with Crippen LogP contribution in [-0.4, -0.2) is 9.55 Å². The molecule has 4 aromatic carbocycles. The first kappa shape index (κ1) is 27.5. The van der Waals surface area contributed by atoms with Crippen molar-refractivity contribution in [1.82, 2.24) is 9.55 Å². The molecule has 2 aromatic heterocycles. The number of rotatable bonds is 6. The molecule has 6 rings (SSSR count). The second-order valence-electron chi connectivity index (χ2n) is 11.1. The maximum absolute atomic E-state index is 6.30. The monoisotopic (exact) mass is 528 g/mol. The first-order chi connectivity index (χ1) is 19.4. The first-order valence-electron chi connectivity index (χ1n) is 14.5. The van der Waals surface area contributed by atoms with Crippen LogP contribution >= 0.6 is 0 Å². The van der Waals surface area contributed by atoms with Gasteiger partial charge >= 0.3 is 0 Å². The minimum absolute atomic E-state index is 0.0684. The summed E-state index contributed by atoms with van der Waals surface area (Å²) in [6, 6.07) is 28.1. The van der Waals surface area contributed by atoms with E-state index in [2.05, 4.69) is 112 Å². The third-order valence-corrected chi connectivity index (χ3v) is 8.09. The number of aryl methyl sites for hydroxylation is 2. The van der Waals surface area contributed by atoms with Crippen molar-refractivity contribution in [3.63, 3.8) is 0 Å².